The van der Waals surface area contributed by atoms with Crippen LogP contribution in [0, 0.1) is 6.92 Å². The fourth-order valence-corrected chi connectivity index (χ4v) is 4.38. The van der Waals surface area contributed by atoms with Gasteiger partial charge in [0, 0.05) is 24.4 Å². The standard InChI is InChI=1S/C20H23ClN6O3S/c1-3-4-10-26-16-15(23-19(21)24-16)18(28)27(20(26)29)11-6-5-7-14-22-17(30-25-14)13-9-8-12(2)31-13/h8-9H,3-7,10-11H2,1-2H3,(H,23,24). The number of aryl methyl sites for hydroxylation is 3. The highest BCUT2D eigenvalue weighted by atomic mass is 35.5. The normalized spacial score (nSPS) is 11.6. The minimum atomic E-state index is -0.401. The van der Waals surface area contributed by atoms with Crippen LogP contribution in [-0.2, 0) is 19.5 Å². The summed E-state index contributed by atoms with van der Waals surface area (Å²) < 4.78 is 8.12. The number of nitrogens with zero attached hydrogens (tertiary/aromatic N) is 5. The topological polar surface area (TPSA) is 112 Å². The van der Waals surface area contributed by atoms with Crippen molar-refractivity contribution in [3.63, 3.8) is 0 Å². The molecule has 0 amide bonds. The van der Waals surface area contributed by atoms with Gasteiger partial charge in [0.25, 0.3) is 11.4 Å². The molecule has 0 fully saturated rings. The van der Waals surface area contributed by atoms with Crippen molar-refractivity contribution in [1.82, 2.24) is 29.2 Å². The molecule has 0 radical (unpaired) electrons. The summed E-state index contributed by atoms with van der Waals surface area (Å²) in [6, 6.07) is 3.98. The van der Waals surface area contributed by atoms with Gasteiger partial charge in [0.05, 0.1) is 4.88 Å². The summed E-state index contributed by atoms with van der Waals surface area (Å²) in [5.74, 6) is 1.13. The van der Waals surface area contributed by atoms with Gasteiger partial charge in [-0.2, -0.15) is 9.97 Å². The molecule has 1 N–H and O–H groups in total. The lowest BCUT2D eigenvalue weighted by atomic mass is 10.2. The predicted molar refractivity (Wildman–Crippen MR) is 120 cm³/mol. The Labute approximate surface area is 186 Å². The van der Waals surface area contributed by atoms with Gasteiger partial charge >= 0.3 is 5.69 Å². The number of fused-ring (bicyclic) bond motifs is 1. The van der Waals surface area contributed by atoms with Crippen molar-refractivity contribution in [3.8, 4) is 10.8 Å². The lowest BCUT2D eigenvalue weighted by Gasteiger charge is -2.10. The van der Waals surface area contributed by atoms with Crippen LogP contribution in [0.3, 0.4) is 0 Å². The first-order chi connectivity index (χ1) is 15.0. The molecule has 0 saturated heterocycles. The van der Waals surface area contributed by atoms with Crippen LogP contribution in [0.4, 0.5) is 0 Å². The highest BCUT2D eigenvalue weighted by Crippen LogP contribution is 2.26. The number of aromatic nitrogens is 6. The molecule has 0 atom stereocenters. The molecule has 0 aliphatic heterocycles. The monoisotopic (exact) mass is 462 g/mol. The van der Waals surface area contributed by atoms with Crippen LogP contribution in [0.5, 0.6) is 0 Å². The van der Waals surface area contributed by atoms with Crippen molar-refractivity contribution in [2.24, 2.45) is 0 Å². The molecule has 0 aromatic carbocycles. The van der Waals surface area contributed by atoms with Crippen LogP contribution < -0.4 is 11.2 Å². The largest absolute Gasteiger partial charge is 0.333 e. The number of halogens is 1. The fraction of sp³-hybridized carbons (Fsp3) is 0.450. The van der Waals surface area contributed by atoms with Crippen LogP contribution in [0.2, 0.25) is 5.28 Å². The Bertz CT molecular complexity index is 1310. The first kappa shape index (κ1) is 21.5. The third-order valence-electron chi connectivity index (χ3n) is 5.02. The summed E-state index contributed by atoms with van der Waals surface area (Å²) in [5.41, 5.74) is -0.186. The third kappa shape index (κ3) is 4.49. The van der Waals surface area contributed by atoms with Gasteiger partial charge in [-0.3, -0.25) is 13.9 Å². The fourth-order valence-electron chi connectivity index (χ4n) is 3.41. The molecule has 4 rings (SSSR count). The second-order valence-electron chi connectivity index (χ2n) is 7.35. The van der Waals surface area contributed by atoms with Crippen LogP contribution >= 0.6 is 22.9 Å². The molecule has 0 bridgehead atoms. The van der Waals surface area contributed by atoms with E-state index in [0.717, 1.165) is 17.7 Å². The number of thiophene rings is 1. The first-order valence-electron chi connectivity index (χ1n) is 10.3. The average molecular weight is 463 g/mol. The maximum atomic E-state index is 12.9. The van der Waals surface area contributed by atoms with Gasteiger partial charge < -0.3 is 9.51 Å². The van der Waals surface area contributed by atoms with Crippen LogP contribution in [0.15, 0.2) is 26.2 Å². The van der Waals surface area contributed by atoms with Gasteiger partial charge in [0.2, 0.25) is 5.28 Å². The third-order valence-corrected chi connectivity index (χ3v) is 6.19. The number of nitrogens with one attached hydrogen (secondary N) is 1. The second kappa shape index (κ2) is 9.19. The second-order valence-corrected chi connectivity index (χ2v) is 9.00. The Balaban J connectivity index is 1.46. The van der Waals surface area contributed by atoms with Crippen molar-refractivity contribution >= 4 is 34.1 Å². The minimum Gasteiger partial charge on any atom is -0.333 e. The molecule has 0 spiro atoms. The Kier molecular flexibility index (Phi) is 6.38. The molecular formula is C20H23ClN6O3S. The molecule has 4 aromatic rings. The van der Waals surface area contributed by atoms with E-state index in [2.05, 4.69) is 20.1 Å². The summed E-state index contributed by atoms with van der Waals surface area (Å²) in [6.45, 7) is 4.85. The molecular weight excluding hydrogens is 440 g/mol. The van der Waals surface area contributed by atoms with Gasteiger partial charge in [0.15, 0.2) is 17.0 Å². The predicted octanol–water partition coefficient (Wildman–Crippen LogP) is 3.78. The summed E-state index contributed by atoms with van der Waals surface area (Å²) in [6.07, 6.45) is 3.67. The number of hydrogen-bond acceptors (Lipinski definition) is 7. The van der Waals surface area contributed by atoms with E-state index in [1.165, 1.54) is 14.0 Å². The Hall–Kier alpha value is -2.72. The van der Waals surface area contributed by atoms with Gasteiger partial charge in [-0.1, -0.05) is 18.5 Å². The van der Waals surface area contributed by atoms with E-state index in [1.807, 2.05) is 26.0 Å². The number of rotatable bonds is 9. The van der Waals surface area contributed by atoms with E-state index in [4.69, 9.17) is 16.1 Å². The average Bonchev–Trinajstić information content (AvgIpc) is 3.47. The quantitative estimate of drug-likeness (QED) is 0.299. The highest BCUT2D eigenvalue weighted by Gasteiger charge is 2.17. The van der Waals surface area contributed by atoms with Crippen LogP contribution in [0.1, 0.15) is 43.3 Å². The summed E-state index contributed by atoms with van der Waals surface area (Å²) in [5, 5.41) is 4.13. The van der Waals surface area contributed by atoms with E-state index in [9.17, 15) is 9.59 Å². The molecule has 11 heteroatoms. The number of unbranched alkanes of at least 4 members (excludes halogenated alkanes) is 2. The van der Waals surface area contributed by atoms with E-state index >= 15 is 0 Å². The molecule has 0 aliphatic rings. The lowest BCUT2D eigenvalue weighted by molar-refractivity contribution is 0.421. The van der Waals surface area contributed by atoms with E-state index < -0.39 is 5.56 Å². The zero-order valence-corrected chi connectivity index (χ0v) is 18.9. The molecule has 164 valence electrons. The van der Waals surface area contributed by atoms with Gasteiger partial charge in [0.1, 0.15) is 0 Å². The summed E-state index contributed by atoms with van der Waals surface area (Å²) in [7, 11) is 0. The zero-order chi connectivity index (χ0) is 22.0. The Morgan fingerprint density at radius 3 is 2.68 bits per heavy atom. The van der Waals surface area contributed by atoms with Crippen molar-refractivity contribution < 1.29 is 4.52 Å². The molecule has 31 heavy (non-hydrogen) atoms. The molecule has 0 saturated carbocycles. The molecule has 0 unspecified atom stereocenters. The number of aromatic amines is 1. The SMILES string of the molecule is CCCCn1c(=O)n(CCCCc2noc(-c3ccc(C)s3)n2)c(=O)c2[nH]c(Cl)nc21. The molecule has 4 aromatic heterocycles. The van der Waals surface area contributed by atoms with Crippen LogP contribution in [0.25, 0.3) is 21.9 Å². The number of hydrogen-bond donors (Lipinski definition) is 1. The molecule has 4 heterocycles. The van der Waals surface area contributed by atoms with E-state index in [1.54, 1.807) is 11.3 Å². The van der Waals surface area contributed by atoms with E-state index in [-0.39, 0.29) is 16.5 Å². The van der Waals surface area contributed by atoms with E-state index in [0.29, 0.717) is 49.7 Å². The van der Waals surface area contributed by atoms with Crippen molar-refractivity contribution in [2.45, 2.75) is 59.0 Å². The maximum Gasteiger partial charge on any atom is 0.332 e. The number of imidazole rings is 1. The highest BCUT2D eigenvalue weighted by molar-refractivity contribution is 7.15. The van der Waals surface area contributed by atoms with Gasteiger partial charge in [-0.25, -0.2) is 4.79 Å². The first-order valence-corrected chi connectivity index (χ1v) is 11.5. The smallest absolute Gasteiger partial charge is 0.332 e. The van der Waals surface area contributed by atoms with Gasteiger partial charge in [-0.15, -0.1) is 11.3 Å². The summed E-state index contributed by atoms with van der Waals surface area (Å²) in [4.78, 5) is 39.2. The zero-order valence-electron chi connectivity index (χ0n) is 17.4. The Morgan fingerprint density at radius 1 is 1.13 bits per heavy atom. The lowest BCUT2D eigenvalue weighted by Crippen LogP contribution is -2.40. The maximum absolute atomic E-state index is 12.9. The van der Waals surface area contributed by atoms with Crippen molar-refractivity contribution in [3.05, 3.63) is 49.0 Å². The molecule has 9 nitrogen and oxygen atoms in total. The van der Waals surface area contributed by atoms with Crippen molar-refractivity contribution in [1.29, 1.82) is 0 Å². The van der Waals surface area contributed by atoms with Crippen LogP contribution in [-0.4, -0.2) is 29.2 Å². The molecule has 0 aliphatic carbocycles. The van der Waals surface area contributed by atoms with Gasteiger partial charge in [-0.05, 0) is 49.9 Å². The summed E-state index contributed by atoms with van der Waals surface area (Å²) >= 11 is 7.56. The number of H-pyrrole nitrogens is 1. The minimum absolute atomic E-state index is 0.100. The van der Waals surface area contributed by atoms with Crippen molar-refractivity contribution in [2.75, 3.05) is 0 Å². The Morgan fingerprint density at radius 2 is 1.94 bits per heavy atom.